The van der Waals surface area contributed by atoms with Gasteiger partial charge in [-0.25, -0.2) is 13.1 Å². The van der Waals surface area contributed by atoms with Gasteiger partial charge >= 0.3 is 0 Å². The maximum Gasteiger partial charge on any atom is 0.243 e. The molecule has 1 N–H and O–H groups in total. The molecule has 136 valence electrons. The number of sulfonamides is 1. The van der Waals surface area contributed by atoms with Crippen molar-refractivity contribution in [2.45, 2.75) is 24.5 Å². The summed E-state index contributed by atoms with van der Waals surface area (Å²) in [6.07, 6.45) is 2.81. The lowest BCUT2D eigenvalue weighted by Crippen LogP contribution is -2.47. The van der Waals surface area contributed by atoms with Crippen LogP contribution >= 0.6 is 0 Å². The van der Waals surface area contributed by atoms with E-state index in [4.69, 9.17) is 4.74 Å². The smallest absolute Gasteiger partial charge is 0.243 e. The lowest BCUT2D eigenvalue weighted by molar-refractivity contribution is -0.0229. The van der Waals surface area contributed by atoms with E-state index in [0.29, 0.717) is 13.2 Å². The molecule has 0 bridgehead atoms. The van der Waals surface area contributed by atoms with Crippen molar-refractivity contribution in [3.63, 3.8) is 0 Å². The van der Waals surface area contributed by atoms with E-state index in [1.807, 2.05) is 30.3 Å². The molecule has 1 atom stereocenters. The minimum atomic E-state index is -3.59. The third kappa shape index (κ3) is 4.88. The molecule has 0 saturated carbocycles. The Morgan fingerprint density at radius 3 is 2.88 bits per heavy atom. The van der Waals surface area contributed by atoms with E-state index in [1.165, 1.54) is 6.20 Å². The lowest BCUT2D eigenvalue weighted by atomic mass is 10.2. The molecule has 2 heterocycles. The molecule has 1 fully saturated rings. The van der Waals surface area contributed by atoms with Gasteiger partial charge in [0.15, 0.2) is 0 Å². The quantitative estimate of drug-likeness (QED) is 0.791. The zero-order chi connectivity index (χ0) is 17.7. The summed E-state index contributed by atoms with van der Waals surface area (Å²) in [6, 6.07) is 9.80. The van der Waals surface area contributed by atoms with E-state index in [1.54, 1.807) is 10.9 Å². The van der Waals surface area contributed by atoms with Crippen molar-refractivity contribution in [1.82, 2.24) is 19.4 Å². The van der Waals surface area contributed by atoms with Crippen molar-refractivity contribution in [2.75, 3.05) is 32.8 Å². The van der Waals surface area contributed by atoms with Crippen LogP contribution in [0.5, 0.6) is 0 Å². The maximum atomic E-state index is 12.5. The highest BCUT2D eigenvalue weighted by molar-refractivity contribution is 7.89. The Bertz CT molecular complexity index is 776. The van der Waals surface area contributed by atoms with E-state index >= 15 is 0 Å². The Kier molecular flexibility index (Phi) is 5.85. The summed E-state index contributed by atoms with van der Waals surface area (Å²) in [6.45, 7) is 6.11. The first-order valence-electron chi connectivity index (χ1n) is 8.47. The van der Waals surface area contributed by atoms with Crippen LogP contribution < -0.4 is 4.72 Å². The van der Waals surface area contributed by atoms with Crippen molar-refractivity contribution >= 4 is 10.0 Å². The fourth-order valence-corrected chi connectivity index (χ4v) is 3.84. The second-order valence-corrected chi connectivity index (χ2v) is 7.86. The number of nitrogens with zero attached hydrogens (tertiary/aromatic N) is 3. The molecule has 8 heteroatoms. The zero-order valence-corrected chi connectivity index (χ0v) is 15.2. The highest BCUT2D eigenvalue weighted by Gasteiger charge is 2.23. The van der Waals surface area contributed by atoms with Crippen molar-refractivity contribution < 1.29 is 13.2 Å². The van der Waals surface area contributed by atoms with Crippen molar-refractivity contribution in [3.05, 3.63) is 48.3 Å². The standard InChI is InChI=1S/C17H24N4O3S/c1-2-20-8-9-24-16(13-20)10-19-25(22,23)17-11-18-21(14-17)12-15-6-4-3-5-7-15/h3-7,11,14,16,19H,2,8-10,12-13H2,1H3. The van der Waals surface area contributed by atoms with Gasteiger partial charge in [-0.15, -0.1) is 0 Å². The van der Waals surface area contributed by atoms with Gasteiger partial charge in [-0.1, -0.05) is 37.3 Å². The number of benzene rings is 1. The predicted molar refractivity (Wildman–Crippen MR) is 94.8 cm³/mol. The Labute approximate surface area is 148 Å². The number of nitrogens with one attached hydrogen (secondary N) is 1. The van der Waals surface area contributed by atoms with E-state index in [2.05, 4.69) is 21.6 Å². The first kappa shape index (κ1) is 18.1. The van der Waals surface area contributed by atoms with Crippen LogP contribution in [0.2, 0.25) is 0 Å². The number of morpholine rings is 1. The van der Waals surface area contributed by atoms with Crippen molar-refractivity contribution in [3.8, 4) is 0 Å². The monoisotopic (exact) mass is 364 g/mol. The lowest BCUT2D eigenvalue weighted by Gasteiger charge is -2.32. The molecule has 2 aromatic rings. The summed E-state index contributed by atoms with van der Waals surface area (Å²) >= 11 is 0. The second kappa shape index (κ2) is 8.09. The van der Waals surface area contributed by atoms with Gasteiger partial charge in [0.25, 0.3) is 0 Å². The van der Waals surface area contributed by atoms with Crippen LogP contribution in [0.4, 0.5) is 0 Å². The highest BCUT2D eigenvalue weighted by Crippen LogP contribution is 2.10. The number of aromatic nitrogens is 2. The summed E-state index contributed by atoms with van der Waals surface area (Å²) in [5.41, 5.74) is 1.07. The molecule has 1 aromatic heterocycles. The minimum absolute atomic E-state index is 0.122. The average Bonchev–Trinajstić information content (AvgIpc) is 3.11. The minimum Gasteiger partial charge on any atom is -0.374 e. The van der Waals surface area contributed by atoms with Gasteiger partial charge in [0, 0.05) is 25.8 Å². The van der Waals surface area contributed by atoms with E-state index < -0.39 is 10.0 Å². The van der Waals surface area contributed by atoms with Gasteiger partial charge in [0.05, 0.1) is 25.5 Å². The van der Waals surface area contributed by atoms with Crippen LogP contribution in [0.1, 0.15) is 12.5 Å². The summed E-state index contributed by atoms with van der Waals surface area (Å²) < 4.78 is 34.8. The fourth-order valence-electron chi connectivity index (χ4n) is 2.82. The largest absolute Gasteiger partial charge is 0.374 e. The first-order chi connectivity index (χ1) is 12.1. The van der Waals surface area contributed by atoms with Crippen LogP contribution in [-0.4, -0.2) is 62.0 Å². The third-order valence-electron chi connectivity index (χ3n) is 4.28. The summed E-state index contributed by atoms with van der Waals surface area (Å²) in [7, 11) is -3.59. The van der Waals surface area contributed by atoms with Crippen LogP contribution in [0, 0.1) is 0 Å². The van der Waals surface area contributed by atoms with Gasteiger partial charge in [0.1, 0.15) is 4.90 Å². The van der Waals surface area contributed by atoms with Crippen molar-refractivity contribution in [2.24, 2.45) is 0 Å². The molecule has 7 nitrogen and oxygen atoms in total. The summed E-state index contributed by atoms with van der Waals surface area (Å²) in [5.74, 6) is 0. The van der Waals surface area contributed by atoms with Crippen LogP contribution in [0.3, 0.4) is 0 Å². The topological polar surface area (TPSA) is 76.5 Å². The molecule has 1 saturated heterocycles. The molecule has 1 aliphatic heterocycles. The molecule has 0 amide bonds. The number of ether oxygens (including phenoxy) is 1. The Hall–Kier alpha value is -1.74. The molecule has 3 rings (SSSR count). The molecular formula is C17H24N4O3S. The summed E-state index contributed by atoms with van der Waals surface area (Å²) in [5, 5.41) is 4.16. The van der Waals surface area contributed by atoms with Gasteiger partial charge in [-0.05, 0) is 12.1 Å². The van der Waals surface area contributed by atoms with Gasteiger partial charge in [0.2, 0.25) is 10.0 Å². The van der Waals surface area contributed by atoms with E-state index in [0.717, 1.165) is 25.2 Å². The Balaban J connectivity index is 1.59. The Morgan fingerprint density at radius 2 is 2.12 bits per heavy atom. The van der Waals surface area contributed by atoms with E-state index in [9.17, 15) is 8.42 Å². The molecule has 0 aliphatic carbocycles. The predicted octanol–water partition coefficient (Wildman–Crippen LogP) is 0.930. The molecular weight excluding hydrogens is 340 g/mol. The number of hydrogen-bond donors (Lipinski definition) is 1. The highest BCUT2D eigenvalue weighted by atomic mass is 32.2. The molecule has 1 aliphatic rings. The van der Waals surface area contributed by atoms with Gasteiger partial charge in [-0.3, -0.25) is 9.58 Å². The molecule has 0 radical (unpaired) electrons. The SMILES string of the molecule is CCN1CCOC(CNS(=O)(=O)c2cnn(Cc3ccccc3)c2)C1. The molecule has 1 unspecified atom stereocenters. The van der Waals surface area contributed by atoms with Gasteiger partial charge in [-0.2, -0.15) is 5.10 Å². The summed E-state index contributed by atoms with van der Waals surface area (Å²) in [4.78, 5) is 2.42. The Morgan fingerprint density at radius 1 is 1.32 bits per heavy atom. The van der Waals surface area contributed by atoms with Crippen LogP contribution in [-0.2, 0) is 21.3 Å². The second-order valence-electron chi connectivity index (χ2n) is 6.10. The third-order valence-corrected chi connectivity index (χ3v) is 5.66. The number of likely N-dealkylation sites (N-methyl/N-ethyl adjacent to an activating group) is 1. The van der Waals surface area contributed by atoms with Crippen LogP contribution in [0.15, 0.2) is 47.6 Å². The molecule has 25 heavy (non-hydrogen) atoms. The van der Waals surface area contributed by atoms with Gasteiger partial charge < -0.3 is 4.74 Å². The van der Waals surface area contributed by atoms with E-state index in [-0.39, 0.29) is 17.5 Å². The fraction of sp³-hybridized carbons (Fsp3) is 0.471. The van der Waals surface area contributed by atoms with Crippen molar-refractivity contribution in [1.29, 1.82) is 0 Å². The van der Waals surface area contributed by atoms with Crippen LogP contribution in [0.25, 0.3) is 0 Å². The number of hydrogen-bond acceptors (Lipinski definition) is 5. The number of rotatable bonds is 7. The maximum absolute atomic E-state index is 12.5. The first-order valence-corrected chi connectivity index (χ1v) is 9.95. The average molecular weight is 364 g/mol. The normalized spacial score (nSPS) is 19.2. The zero-order valence-electron chi connectivity index (χ0n) is 14.3. The molecule has 0 spiro atoms. The molecule has 1 aromatic carbocycles.